The van der Waals surface area contributed by atoms with Crippen molar-refractivity contribution in [2.75, 3.05) is 47.3 Å². The van der Waals surface area contributed by atoms with E-state index in [1.54, 1.807) is 17.0 Å². The first-order valence-corrected chi connectivity index (χ1v) is 15.8. The third-order valence-corrected chi connectivity index (χ3v) is 8.30. The predicted octanol–water partition coefficient (Wildman–Crippen LogP) is 5.64. The maximum absolute atomic E-state index is 13.5. The second kappa shape index (κ2) is 16.0. The molecule has 5 rings (SSSR count). The third kappa shape index (κ3) is 8.50. The number of esters is 2. The molecule has 0 radical (unpaired) electrons. The number of hydrogen-bond donors (Lipinski definition) is 0. The van der Waals surface area contributed by atoms with Gasteiger partial charge in [-0.1, -0.05) is 18.2 Å². The van der Waals surface area contributed by atoms with Crippen LogP contribution >= 0.6 is 0 Å². The van der Waals surface area contributed by atoms with Gasteiger partial charge in [0.2, 0.25) is 6.79 Å². The maximum atomic E-state index is 13.5. The van der Waals surface area contributed by atoms with Crippen LogP contribution in [0.25, 0.3) is 0 Å². The van der Waals surface area contributed by atoms with E-state index in [4.69, 9.17) is 28.4 Å². The number of methoxy groups -OCH3 is 2. The predicted molar refractivity (Wildman–Crippen MR) is 170 cm³/mol. The summed E-state index contributed by atoms with van der Waals surface area (Å²) in [5.74, 6) is 1.64. The number of unbranched alkanes of at least 4 members (excludes halogenated alkanes) is 1. The second-order valence-corrected chi connectivity index (χ2v) is 11.4. The molecule has 1 amide bonds. The van der Waals surface area contributed by atoms with Gasteiger partial charge in [-0.3, -0.25) is 9.59 Å². The summed E-state index contributed by atoms with van der Waals surface area (Å²) >= 11 is 0. The molecule has 0 spiro atoms. The molecule has 0 atom stereocenters. The summed E-state index contributed by atoms with van der Waals surface area (Å²) in [6.07, 6.45) is 5.50. The number of fused-ring (bicyclic) bond motifs is 1. The van der Waals surface area contributed by atoms with Gasteiger partial charge in [0.15, 0.2) is 11.5 Å². The van der Waals surface area contributed by atoms with Crippen molar-refractivity contribution in [3.05, 3.63) is 82.9 Å². The lowest BCUT2D eigenvalue weighted by Crippen LogP contribution is -2.40. The molecule has 3 aromatic carbocycles. The fourth-order valence-electron chi connectivity index (χ4n) is 5.65. The number of hydrogen-bond acceptors (Lipinski definition) is 9. The highest BCUT2D eigenvalue weighted by Gasteiger charge is 2.30. The summed E-state index contributed by atoms with van der Waals surface area (Å²) < 4.78 is 32.5. The highest BCUT2D eigenvalue weighted by molar-refractivity contribution is 6.00. The summed E-state index contributed by atoms with van der Waals surface area (Å²) in [5, 5.41) is 0. The summed E-state index contributed by atoms with van der Waals surface area (Å²) in [4.78, 5) is 39.3. The zero-order chi connectivity index (χ0) is 32.3. The third-order valence-electron chi connectivity index (χ3n) is 8.30. The lowest BCUT2D eigenvalue weighted by molar-refractivity contribution is -0.146. The fraction of sp³-hybridized carbons (Fsp3) is 0.417. The Balaban J connectivity index is 1.06. The van der Waals surface area contributed by atoms with Gasteiger partial charge in [0, 0.05) is 13.1 Å². The van der Waals surface area contributed by atoms with Gasteiger partial charge in [-0.2, -0.15) is 0 Å². The second-order valence-electron chi connectivity index (χ2n) is 11.4. The molecule has 0 aliphatic carbocycles. The molecular formula is C36H41NO9. The van der Waals surface area contributed by atoms with E-state index in [-0.39, 0.29) is 30.2 Å². The van der Waals surface area contributed by atoms with Crippen molar-refractivity contribution in [3.8, 4) is 23.0 Å². The Morgan fingerprint density at radius 3 is 2.24 bits per heavy atom. The zero-order valence-electron chi connectivity index (χ0n) is 26.5. The van der Waals surface area contributed by atoms with Crippen molar-refractivity contribution in [1.29, 1.82) is 0 Å². The standard InChI is InChI=1S/C36H41NO9/c1-41-35(39)27-16-18-37(19-17-27)34(38)30-23-28(36(40)42-2)11-15-31(30)44-21-5-7-25-8-12-29(13-9-25)43-20-4-3-6-26-10-14-32-33(22-26)46-24-45-32/h8-15,22-23,27H,3-7,16-21,24H2,1-2H3. The molecule has 2 aliphatic rings. The summed E-state index contributed by atoms with van der Waals surface area (Å²) in [6.45, 7) is 2.17. The number of benzene rings is 3. The van der Waals surface area contributed by atoms with Crippen LogP contribution in [0.15, 0.2) is 60.7 Å². The molecular weight excluding hydrogens is 590 g/mol. The largest absolute Gasteiger partial charge is 0.494 e. The Labute approximate surface area is 269 Å². The summed E-state index contributed by atoms with van der Waals surface area (Å²) in [6, 6.07) is 18.9. The van der Waals surface area contributed by atoms with Crippen LogP contribution in [0.4, 0.5) is 0 Å². The molecule has 10 heteroatoms. The van der Waals surface area contributed by atoms with E-state index in [9.17, 15) is 14.4 Å². The van der Waals surface area contributed by atoms with Crippen molar-refractivity contribution >= 4 is 17.8 Å². The lowest BCUT2D eigenvalue weighted by atomic mass is 9.96. The Kier molecular flexibility index (Phi) is 11.4. The molecule has 1 fully saturated rings. The number of likely N-dealkylation sites (tertiary alicyclic amines) is 1. The molecule has 0 aromatic heterocycles. The summed E-state index contributed by atoms with van der Waals surface area (Å²) in [7, 11) is 2.67. The van der Waals surface area contributed by atoms with Crippen molar-refractivity contribution in [2.24, 2.45) is 5.92 Å². The smallest absolute Gasteiger partial charge is 0.337 e. The number of rotatable bonds is 14. The number of aryl methyl sites for hydroxylation is 2. The van der Waals surface area contributed by atoms with E-state index in [0.29, 0.717) is 50.5 Å². The number of piperidine rings is 1. The van der Waals surface area contributed by atoms with Gasteiger partial charge < -0.3 is 33.3 Å². The Morgan fingerprint density at radius 2 is 1.48 bits per heavy atom. The van der Waals surface area contributed by atoms with Gasteiger partial charge in [0.25, 0.3) is 5.91 Å². The van der Waals surface area contributed by atoms with E-state index in [0.717, 1.165) is 54.9 Å². The minimum Gasteiger partial charge on any atom is -0.494 e. The van der Waals surface area contributed by atoms with Crippen LogP contribution in [0.1, 0.15) is 63.9 Å². The number of carbonyl (C=O) groups is 3. The van der Waals surface area contributed by atoms with E-state index < -0.39 is 5.97 Å². The van der Waals surface area contributed by atoms with Gasteiger partial charge in [-0.05, 0) is 98.5 Å². The SMILES string of the molecule is COC(=O)c1ccc(OCCCc2ccc(OCCCCc3ccc4c(c3)OCO4)cc2)c(C(=O)N2CCC(C(=O)OC)CC2)c1. The molecule has 0 saturated carbocycles. The Morgan fingerprint density at radius 1 is 0.761 bits per heavy atom. The lowest BCUT2D eigenvalue weighted by Gasteiger charge is -2.31. The van der Waals surface area contributed by atoms with Crippen LogP contribution in [0, 0.1) is 5.92 Å². The van der Waals surface area contributed by atoms with Gasteiger partial charge >= 0.3 is 11.9 Å². The number of ether oxygens (including phenoxy) is 6. The van der Waals surface area contributed by atoms with Gasteiger partial charge in [0.05, 0.1) is 44.5 Å². The van der Waals surface area contributed by atoms with Gasteiger partial charge in [-0.25, -0.2) is 4.79 Å². The number of nitrogens with zero attached hydrogens (tertiary/aromatic N) is 1. The zero-order valence-corrected chi connectivity index (χ0v) is 26.5. The maximum Gasteiger partial charge on any atom is 0.337 e. The van der Waals surface area contributed by atoms with Crippen LogP contribution in [-0.4, -0.2) is 70.1 Å². The monoisotopic (exact) mass is 631 g/mol. The van der Waals surface area contributed by atoms with Crippen LogP contribution in [0.2, 0.25) is 0 Å². The Hall–Kier alpha value is -4.73. The van der Waals surface area contributed by atoms with Crippen molar-refractivity contribution in [2.45, 2.75) is 44.9 Å². The van der Waals surface area contributed by atoms with Gasteiger partial charge in [0.1, 0.15) is 11.5 Å². The molecule has 2 heterocycles. The average Bonchev–Trinajstić information content (AvgIpc) is 3.58. The number of amides is 1. The quantitative estimate of drug-likeness (QED) is 0.165. The number of carbonyl (C=O) groups excluding carboxylic acids is 3. The molecule has 0 unspecified atom stereocenters. The fourth-order valence-corrected chi connectivity index (χ4v) is 5.65. The first kappa shape index (κ1) is 32.7. The van der Waals surface area contributed by atoms with E-state index in [1.807, 2.05) is 24.3 Å². The Bertz CT molecular complexity index is 1500. The van der Waals surface area contributed by atoms with Gasteiger partial charge in [-0.15, -0.1) is 0 Å². The van der Waals surface area contributed by atoms with Crippen LogP contribution in [0.5, 0.6) is 23.0 Å². The molecule has 0 N–H and O–H groups in total. The van der Waals surface area contributed by atoms with Crippen molar-refractivity contribution in [1.82, 2.24) is 4.90 Å². The molecule has 46 heavy (non-hydrogen) atoms. The summed E-state index contributed by atoms with van der Waals surface area (Å²) in [5.41, 5.74) is 2.96. The van der Waals surface area contributed by atoms with Crippen LogP contribution < -0.4 is 18.9 Å². The topological polar surface area (TPSA) is 110 Å². The van der Waals surface area contributed by atoms with Crippen molar-refractivity contribution < 1.29 is 42.8 Å². The van der Waals surface area contributed by atoms with Crippen LogP contribution in [0.3, 0.4) is 0 Å². The molecule has 0 bridgehead atoms. The average molecular weight is 632 g/mol. The minimum absolute atomic E-state index is 0.218. The van der Waals surface area contributed by atoms with E-state index in [2.05, 4.69) is 18.2 Å². The molecule has 244 valence electrons. The minimum atomic E-state index is -0.529. The first-order valence-electron chi connectivity index (χ1n) is 15.8. The molecule has 2 aliphatic heterocycles. The molecule has 10 nitrogen and oxygen atoms in total. The van der Waals surface area contributed by atoms with Crippen molar-refractivity contribution in [3.63, 3.8) is 0 Å². The highest BCUT2D eigenvalue weighted by atomic mass is 16.7. The normalized spacial score (nSPS) is 14.1. The van der Waals surface area contributed by atoms with E-state index in [1.165, 1.54) is 25.8 Å². The molecule has 3 aromatic rings. The van der Waals surface area contributed by atoms with E-state index >= 15 is 0 Å². The first-order chi connectivity index (χ1) is 22.4. The highest BCUT2D eigenvalue weighted by Crippen LogP contribution is 2.33. The van der Waals surface area contributed by atoms with Crippen LogP contribution in [-0.2, 0) is 27.1 Å². The molecule has 1 saturated heterocycles.